The van der Waals surface area contributed by atoms with Gasteiger partial charge in [-0.2, -0.15) is 11.8 Å². The summed E-state index contributed by atoms with van der Waals surface area (Å²) in [5.74, 6) is 1.28. The zero-order valence-corrected chi connectivity index (χ0v) is 13.3. The average molecular weight is 258 g/mol. The van der Waals surface area contributed by atoms with Crippen LogP contribution in [0.15, 0.2) is 0 Å². The van der Waals surface area contributed by atoms with E-state index in [1.54, 1.807) is 0 Å². The number of nitrogens with zero attached hydrogens (tertiary/aromatic N) is 1. The van der Waals surface area contributed by atoms with Gasteiger partial charge in [-0.3, -0.25) is 0 Å². The largest absolute Gasteiger partial charge is 0.314 e. The average Bonchev–Trinajstić information content (AvgIpc) is 2.12. The molecular formula is C14H30N2S. The Kier molecular flexibility index (Phi) is 5.36. The smallest absolute Gasteiger partial charge is 0.0231 e. The molecule has 3 heteroatoms. The van der Waals surface area contributed by atoms with Crippen LogP contribution in [0.3, 0.4) is 0 Å². The van der Waals surface area contributed by atoms with E-state index in [4.69, 9.17) is 0 Å². The van der Waals surface area contributed by atoms with Crippen molar-refractivity contribution in [1.82, 2.24) is 10.2 Å². The Labute approximate surface area is 112 Å². The lowest BCUT2D eigenvalue weighted by Crippen LogP contribution is -2.49. The van der Waals surface area contributed by atoms with E-state index in [1.807, 2.05) is 0 Å². The van der Waals surface area contributed by atoms with Gasteiger partial charge in [-0.05, 0) is 19.3 Å². The molecule has 1 fully saturated rings. The van der Waals surface area contributed by atoms with Crippen LogP contribution < -0.4 is 5.32 Å². The van der Waals surface area contributed by atoms with E-state index >= 15 is 0 Å². The maximum atomic E-state index is 3.56. The Morgan fingerprint density at radius 1 is 1.35 bits per heavy atom. The first-order valence-corrected chi connectivity index (χ1v) is 7.78. The lowest BCUT2D eigenvalue weighted by atomic mass is 9.92. The summed E-state index contributed by atoms with van der Waals surface area (Å²) in [6.45, 7) is 18.7. The fourth-order valence-electron chi connectivity index (χ4n) is 2.39. The van der Waals surface area contributed by atoms with Crippen LogP contribution in [0.5, 0.6) is 0 Å². The third-order valence-electron chi connectivity index (χ3n) is 3.15. The lowest BCUT2D eigenvalue weighted by Gasteiger charge is -2.41. The van der Waals surface area contributed by atoms with Crippen LogP contribution in [0.2, 0.25) is 0 Å². The van der Waals surface area contributed by atoms with E-state index in [1.165, 1.54) is 25.4 Å². The highest BCUT2D eigenvalue weighted by molar-refractivity contribution is 8.00. The SMILES string of the molecule is CC(C)NCC(C)(C)CN1CCSC(C)(C)C1. The number of hydrogen-bond acceptors (Lipinski definition) is 3. The summed E-state index contributed by atoms with van der Waals surface area (Å²) >= 11 is 2.11. The van der Waals surface area contributed by atoms with Gasteiger partial charge in [0, 0.05) is 42.7 Å². The molecule has 0 radical (unpaired) electrons. The third-order valence-corrected chi connectivity index (χ3v) is 4.44. The van der Waals surface area contributed by atoms with Gasteiger partial charge in [-0.15, -0.1) is 0 Å². The van der Waals surface area contributed by atoms with Gasteiger partial charge >= 0.3 is 0 Å². The second-order valence-corrected chi connectivity index (χ2v) is 8.82. The summed E-state index contributed by atoms with van der Waals surface area (Å²) in [4.78, 5) is 2.64. The second kappa shape index (κ2) is 5.94. The van der Waals surface area contributed by atoms with Crippen LogP contribution in [0.1, 0.15) is 41.5 Å². The molecule has 1 saturated heterocycles. The van der Waals surface area contributed by atoms with E-state index in [0.29, 0.717) is 16.2 Å². The fraction of sp³-hybridized carbons (Fsp3) is 1.00. The molecule has 0 aromatic heterocycles. The normalized spacial score (nSPS) is 22.1. The molecule has 102 valence electrons. The highest BCUT2D eigenvalue weighted by Gasteiger charge is 2.30. The highest BCUT2D eigenvalue weighted by Crippen LogP contribution is 2.31. The molecule has 0 aromatic carbocycles. The molecule has 0 spiro atoms. The van der Waals surface area contributed by atoms with Crippen LogP contribution in [-0.2, 0) is 0 Å². The summed E-state index contributed by atoms with van der Waals surface area (Å²) < 4.78 is 0.430. The zero-order valence-electron chi connectivity index (χ0n) is 12.5. The summed E-state index contributed by atoms with van der Waals surface area (Å²) in [6.07, 6.45) is 0. The predicted octanol–water partition coefficient (Wildman–Crippen LogP) is 2.84. The first kappa shape index (κ1) is 15.3. The molecule has 0 aliphatic carbocycles. The number of thioether (sulfide) groups is 1. The molecule has 1 heterocycles. The van der Waals surface area contributed by atoms with Crippen LogP contribution >= 0.6 is 11.8 Å². The minimum Gasteiger partial charge on any atom is -0.314 e. The van der Waals surface area contributed by atoms with Crippen molar-refractivity contribution in [2.45, 2.75) is 52.3 Å². The Morgan fingerprint density at radius 2 is 2.00 bits per heavy atom. The van der Waals surface area contributed by atoms with Crippen molar-refractivity contribution in [2.24, 2.45) is 5.41 Å². The molecule has 1 aliphatic heterocycles. The quantitative estimate of drug-likeness (QED) is 0.816. The molecule has 0 atom stereocenters. The Hall–Kier alpha value is 0.270. The van der Waals surface area contributed by atoms with E-state index < -0.39 is 0 Å². The van der Waals surface area contributed by atoms with Gasteiger partial charge in [-0.1, -0.05) is 27.7 Å². The van der Waals surface area contributed by atoms with Gasteiger partial charge in [-0.25, -0.2) is 0 Å². The molecule has 0 saturated carbocycles. The molecule has 0 unspecified atom stereocenters. The van der Waals surface area contributed by atoms with Crippen molar-refractivity contribution in [3.63, 3.8) is 0 Å². The van der Waals surface area contributed by atoms with E-state index in [-0.39, 0.29) is 0 Å². The zero-order chi connectivity index (χ0) is 13.1. The Balaban J connectivity index is 2.41. The first-order valence-electron chi connectivity index (χ1n) is 6.80. The van der Waals surface area contributed by atoms with Gasteiger partial charge in [0.25, 0.3) is 0 Å². The fourth-order valence-corrected chi connectivity index (χ4v) is 3.57. The summed E-state index contributed by atoms with van der Waals surface area (Å²) in [5.41, 5.74) is 0.363. The van der Waals surface area contributed by atoms with Crippen molar-refractivity contribution >= 4 is 11.8 Å². The Morgan fingerprint density at radius 3 is 2.53 bits per heavy atom. The van der Waals surface area contributed by atoms with Crippen molar-refractivity contribution in [3.8, 4) is 0 Å². The summed E-state index contributed by atoms with van der Waals surface area (Å²) in [6, 6.07) is 0.586. The molecule has 1 rings (SSSR count). The van der Waals surface area contributed by atoms with E-state index in [2.05, 4.69) is 63.5 Å². The van der Waals surface area contributed by atoms with Crippen molar-refractivity contribution < 1.29 is 0 Å². The van der Waals surface area contributed by atoms with Crippen LogP contribution in [0, 0.1) is 5.41 Å². The van der Waals surface area contributed by atoms with Gasteiger partial charge in [0.1, 0.15) is 0 Å². The van der Waals surface area contributed by atoms with Crippen LogP contribution in [0.4, 0.5) is 0 Å². The first-order chi connectivity index (χ1) is 7.70. The topological polar surface area (TPSA) is 15.3 Å². The molecule has 1 N–H and O–H groups in total. The predicted molar refractivity (Wildman–Crippen MR) is 79.9 cm³/mol. The van der Waals surface area contributed by atoms with Crippen molar-refractivity contribution in [1.29, 1.82) is 0 Å². The van der Waals surface area contributed by atoms with Gasteiger partial charge in [0.2, 0.25) is 0 Å². The minimum atomic E-state index is 0.363. The van der Waals surface area contributed by atoms with Crippen LogP contribution in [0.25, 0.3) is 0 Å². The van der Waals surface area contributed by atoms with Gasteiger partial charge in [0.15, 0.2) is 0 Å². The maximum Gasteiger partial charge on any atom is 0.0231 e. The van der Waals surface area contributed by atoms with Gasteiger partial charge < -0.3 is 10.2 Å². The number of nitrogens with one attached hydrogen (secondary N) is 1. The molecular weight excluding hydrogens is 228 g/mol. The standard InChI is InChI=1S/C14H30N2S/c1-12(2)15-9-13(3,4)10-16-7-8-17-14(5,6)11-16/h12,15H,7-11H2,1-6H3. The summed E-state index contributed by atoms with van der Waals surface area (Å²) in [7, 11) is 0. The third kappa shape index (κ3) is 6.12. The Bertz CT molecular complexity index is 236. The molecule has 0 aromatic rings. The van der Waals surface area contributed by atoms with Crippen molar-refractivity contribution in [3.05, 3.63) is 0 Å². The number of hydrogen-bond donors (Lipinski definition) is 1. The lowest BCUT2D eigenvalue weighted by molar-refractivity contribution is 0.166. The van der Waals surface area contributed by atoms with Gasteiger partial charge in [0.05, 0.1) is 0 Å². The van der Waals surface area contributed by atoms with E-state index in [9.17, 15) is 0 Å². The minimum absolute atomic E-state index is 0.363. The monoisotopic (exact) mass is 258 g/mol. The van der Waals surface area contributed by atoms with E-state index in [0.717, 1.165) is 6.54 Å². The molecule has 0 bridgehead atoms. The number of rotatable bonds is 5. The second-order valence-electron chi connectivity index (χ2n) is 7.02. The van der Waals surface area contributed by atoms with Crippen molar-refractivity contribution in [2.75, 3.05) is 31.9 Å². The molecule has 0 amide bonds. The maximum absolute atomic E-state index is 3.56. The molecule has 2 nitrogen and oxygen atoms in total. The summed E-state index contributed by atoms with van der Waals surface area (Å²) in [5, 5.41) is 3.56. The molecule has 17 heavy (non-hydrogen) atoms. The highest BCUT2D eigenvalue weighted by atomic mass is 32.2. The molecule has 1 aliphatic rings. The van der Waals surface area contributed by atoms with Crippen LogP contribution in [-0.4, -0.2) is 47.6 Å².